The summed E-state index contributed by atoms with van der Waals surface area (Å²) in [5.41, 5.74) is 0.405. The van der Waals surface area contributed by atoms with E-state index in [-0.39, 0.29) is 6.61 Å². The van der Waals surface area contributed by atoms with Crippen LogP contribution in [0.5, 0.6) is 0 Å². The lowest BCUT2D eigenvalue weighted by atomic mass is 10.1. The van der Waals surface area contributed by atoms with Gasteiger partial charge in [0.25, 0.3) is 0 Å². The van der Waals surface area contributed by atoms with Crippen molar-refractivity contribution in [3.8, 4) is 0 Å². The highest BCUT2D eigenvalue weighted by atomic mass is 19.1. The van der Waals surface area contributed by atoms with Gasteiger partial charge in [0.1, 0.15) is 11.6 Å². The van der Waals surface area contributed by atoms with E-state index < -0.39 is 17.7 Å². The van der Waals surface area contributed by atoms with E-state index in [9.17, 15) is 8.78 Å². The van der Waals surface area contributed by atoms with Gasteiger partial charge >= 0.3 is 0 Å². The maximum absolute atomic E-state index is 12.7. The number of rotatable bonds is 3. The summed E-state index contributed by atoms with van der Waals surface area (Å²) in [5, 5.41) is 11.6. The molecular formula is C9H11F2NO. The predicted octanol–water partition coefficient (Wildman–Crippen LogP) is 1.22. The van der Waals surface area contributed by atoms with Crippen LogP contribution in [0.1, 0.15) is 11.6 Å². The van der Waals surface area contributed by atoms with Gasteiger partial charge in [0.15, 0.2) is 0 Å². The summed E-state index contributed by atoms with van der Waals surface area (Å²) in [6, 6.07) is 2.76. The Balaban J connectivity index is 2.99. The van der Waals surface area contributed by atoms with Gasteiger partial charge in [0.05, 0.1) is 12.6 Å². The van der Waals surface area contributed by atoms with E-state index in [1.807, 2.05) is 0 Å². The molecule has 0 aliphatic rings. The van der Waals surface area contributed by atoms with E-state index in [1.54, 1.807) is 7.05 Å². The quantitative estimate of drug-likeness (QED) is 0.745. The minimum atomic E-state index is -0.635. The van der Waals surface area contributed by atoms with Crippen molar-refractivity contribution in [3.05, 3.63) is 35.4 Å². The fraction of sp³-hybridized carbons (Fsp3) is 0.333. The van der Waals surface area contributed by atoms with Crippen LogP contribution in [0, 0.1) is 11.6 Å². The van der Waals surface area contributed by atoms with Crippen LogP contribution in [-0.4, -0.2) is 18.8 Å². The molecule has 2 N–H and O–H groups in total. The van der Waals surface area contributed by atoms with Gasteiger partial charge in [-0.05, 0) is 24.7 Å². The average molecular weight is 187 g/mol. The van der Waals surface area contributed by atoms with Crippen LogP contribution in [0.15, 0.2) is 18.2 Å². The third-order valence-electron chi connectivity index (χ3n) is 1.82. The van der Waals surface area contributed by atoms with Gasteiger partial charge in [-0.1, -0.05) is 0 Å². The van der Waals surface area contributed by atoms with Crippen LogP contribution >= 0.6 is 0 Å². The van der Waals surface area contributed by atoms with Crippen molar-refractivity contribution in [1.29, 1.82) is 0 Å². The molecule has 0 amide bonds. The van der Waals surface area contributed by atoms with Gasteiger partial charge in [-0.15, -0.1) is 0 Å². The Labute approximate surface area is 75.2 Å². The number of benzene rings is 1. The van der Waals surface area contributed by atoms with Crippen LogP contribution in [0.2, 0.25) is 0 Å². The van der Waals surface area contributed by atoms with E-state index >= 15 is 0 Å². The second-order valence-corrected chi connectivity index (χ2v) is 2.73. The number of nitrogens with one attached hydrogen (secondary N) is 1. The van der Waals surface area contributed by atoms with Gasteiger partial charge in [-0.25, -0.2) is 8.78 Å². The van der Waals surface area contributed by atoms with Crippen LogP contribution in [0.3, 0.4) is 0 Å². The lowest BCUT2D eigenvalue weighted by Gasteiger charge is -2.13. The molecule has 72 valence electrons. The van der Waals surface area contributed by atoms with Crippen molar-refractivity contribution in [2.45, 2.75) is 6.04 Å². The molecule has 0 aliphatic carbocycles. The van der Waals surface area contributed by atoms with Crippen molar-refractivity contribution < 1.29 is 13.9 Å². The maximum Gasteiger partial charge on any atom is 0.126 e. The third kappa shape index (κ3) is 2.47. The number of halogens is 2. The molecule has 0 aliphatic heterocycles. The van der Waals surface area contributed by atoms with Gasteiger partial charge in [-0.2, -0.15) is 0 Å². The first-order valence-electron chi connectivity index (χ1n) is 3.91. The number of hydrogen-bond donors (Lipinski definition) is 2. The normalized spacial score (nSPS) is 12.9. The van der Waals surface area contributed by atoms with Crippen LogP contribution < -0.4 is 5.32 Å². The molecule has 0 saturated heterocycles. The van der Waals surface area contributed by atoms with Gasteiger partial charge in [-0.3, -0.25) is 0 Å². The summed E-state index contributed by atoms with van der Waals surface area (Å²) in [4.78, 5) is 0. The Bertz CT molecular complexity index is 267. The summed E-state index contributed by atoms with van der Waals surface area (Å²) in [7, 11) is 1.61. The molecule has 0 radical (unpaired) electrons. The second-order valence-electron chi connectivity index (χ2n) is 2.73. The van der Waals surface area contributed by atoms with Crippen molar-refractivity contribution in [1.82, 2.24) is 5.32 Å². The first-order valence-corrected chi connectivity index (χ1v) is 3.91. The molecule has 0 spiro atoms. The van der Waals surface area contributed by atoms with E-state index in [2.05, 4.69) is 5.32 Å². The number of aliphatic hydroxyl groups is 1. The molecule has 0 fully saturated rings. The predicted molar refractivity (Wildman–Crippen MR) is 45.2 cm³/mol. The van der Waals surface area contributed by atoms with Crippen molar-refractivity contribution in [2.24, 2.45) is 0 Å². The molecule has 0 aromatic heterocycles. The van der Waals surface area contributed by atoms with Gasteiger partial charge in [0, 0.05) is 6.07 Å². The summed E-state index contributed by atoms with van der Waals surface area (Å²) in [6.07, 6.45) is 0. The molecule has 0 unspecified atom stereocenters. The first kappa shape index (κ1) is 10.1. The molecule has 1 atom stereocenters. The summed E-state index contributed by atoms with van der Waals surface area (Å²) in [5.74, 6) is -1.27. The average Bonchev–Trinajstić information content (AvgIpc) is 2.04. The zero-order valence-corrected chi connectivity index (χ0v) is 7.22. The molecular weight excluding hydrogens is 176 g/mol. The molecule has 1 aromatic carbocycles. The Hall–Kier alpha value is -1.00. The van der Waals surface area contributed by atoms with E-state index in [0.717, 1.165) is 6.07 Å². The Morgan fingerprint density at radius 1 is 1.31 bits per heavy atom. The highest BCUT2D eigenvalue weighted by Gasteiger charge is 2.09. The van der Waals surface area contributed by atoms with E-state index in [1.165, 1.54) is 12.1 Å². The molecule has 2 nitrogen and oxygen atoms in total. The minimum absolute atomic E-state index is 0.195. The largest absolute Gasteiger partial charge is 0.394 e. The molecule has 4 heteroatoms. The number of aliphatic hydroxyl groups excluding tert-OH is 1. The number of likely N-dealkylation sites (N-methyl/N-ethyl adjacent to an activating group) is 1. The summed E-state index contributed by atoms with van der Waals surface area (Å²) in [6.45, 7) is -0.195. The van der Waals surface area contributed by atoms with Crippen LogP contribution in [0.25, 0.3) is 0 Å². The Kier molecular flexibility index (Phi) is 3.33. The first-order chi connectivity index (χ1) is 6.17. The fourth-order valence-corrected chi connectivity index (χ4v) is 1.14. The van der Waals surface area contributed by atoms with E-state index in [0.29, 0.717) is 5.56 Å². The highest BCUT2D eigenvalue weighted by Crippen LogP contribution is 2.15. The molecule has 0 saturated carbocycles. The van der Waals surface area contributed by atoms with Crippen molar-refractivity contribution >= 4 is 0 Å². The number of hydrogen-bond acceptors (Lipinski definition) is 2. The smallest absolute Gasteiger partial charge is 0.126 e. The van der Waals surface area contributed by atoms with Gasteiger partial charge < -0.3 is 10.4 Å². The monoisotopic (exact) mass is 187 g/mol. The molecule has 13 heavy (non-hydrogen) atoms. The Morgan fingerprint density at radius 3 is 2.23 bits per heavy atom. The van der Waals surface area contributed by atoms with Crippen LogP contribution in [-0.2, 0) is 0 Å². The zero-order chi connectivity index (χ0) is 9.84. The summed E-state index contributed by atoms with van der Waals surface area (Å²) < 4.78 is 25.4. The fourth-order valence-electron chi connectivity index (χ4n) is 1.14. The second kappa shape index (κ2) is 4.30. The SMILES string of the molecule is CN[C@H](CO)c1cc(F)cc(F)c1. The van der Waals surface area contributed by atoms with Crippen LogP contribution in [0.4, 0.5) is 8.78 Å². The van der Waals surface area contributed by atoms with Gasteiger partial charge in [0.2, 0.25) is 0 Å². The highest BCUT2D eigenvalue weighted by molar-refractivity contribution is 5.21. The molecule has 0 heterocycles. The topological polar surface area (TPSA) is 32.3 Å². The summed E-state index contributed by atoms with van der Waals surface area (Å²) >= 11 is 0. The Morgan fingerprint density at radius 2 is 1.85 bits per heavy atom. The standard InChI is InChI=1S/C9H11F2NO/c1-12-9(5-13)6-2-7(10)4-8(11)3-6/h2-4,9,12-13H,5H2,1H3/t9-/m1/s1. The molecule has 1 rings (SSSR count). The zero-order valence-electron chi connectivity index (χ0n) is 7.22. The van der Waals surface area contributed by atoms with Crippen molar-refractivity contribution in [3.63, 3.8) is 0 Å². The third-order valence-corrected chi connectivity index (χ3v) is 1.82. The lowest BCUT2D eigenvalue weighted by Crippen LogP contribution is -2.20. The minimum Gasteiger partial charge on any atom is -0.394 e. The molecule has 1 aromatic rings. The van der Waals surface area contributed by atoms with Crippen molar-refractivity contribution in [2.75, 3.05) is 13.7 Å². The van der Waals surface area contributed by atoms with E-state index in [4.69, 9.17) is 5.11 Å². The lowest BCUT2D eigenvalue weighted by molar-refractivity contribution is 0.250. The maximum atomic E-state index is 12.7. The molecule has 0 bridgehead atoms.